The fraction of sp³-hybridized carbons (Fsp3) is 0.250. The van der Waals surface area contributed by atoms with Crippen LogP contribution in [0.3, 0.4) is 0 Å². The van der Waals surface area contributed by atoms with E-state index in [1.165, 1.54) is 6.08 Å². The summed E-state index contributed by atoms with van der Waals surface area (Å²) in [5, 5.41) is 0.559. The Balaban J connectivity index is 3.27. The molecule has 0 fully saturated rings. The van der Waals surface area contributed by atoms with Crippen LogP contribution in [-0.2, 0) is 0 Å². The summed E-state index contributed by atoms with van der Waals surface area (Å²) >= 11 is 5.94. The fourth-order valence-corrected chi connectivity index (χ4v) is 1.40. The van der Waals surface area contributed by atoms with Gasteiger partial charge in [-0.15, -0.1) is 0 Å². The van der Waals surface area contributed by atoms with Crippen LogP contribution in [0.2, 0.25) is 5.02 Å². The van der Waals surface area contributed by atoms with Gasteiger partial charge in [0.15, 0.2) is 5.78 Å². The minimum atomic E-state index is -0.180. The number of rotatable bonds is 4. The van der Waals surface area contributed by atoms with Gasteiger partial charge in [0.25, 0.3) is 0 Å². The third-order valence-corrected chi connectivity index (χ3v) is 2.42. The summed E-state index contributed by atoms with van der Waals surface area (Å²) in [7, 11) is 0. The number of carbonyl (C=O) groups excluding carboxylic acids is 1. The average Bonchev–Trinajstić information content (AvgIpc) is 2.22. The van der Waals surface area contributed by atoms with Crippen molar-refractivity contribution in [2.75, 3.05) is 6.61 Å². The van der Waals surface area contributed by atoms with Gasteiger partial charge in [-0.05, 0) is 37.6 Å². The van der Waals surface area contributed by atoms with E-state index in [-0.39, 0.29) is 5.78 Å². The first kappa shape index (κ1) is 11.8. The first-order valence-electron chi connectivity index (χ1n) is 4.69. The standard InChI is InChI=1S/C12H13ClO2/c1-4-11(14)9-7-10(13)8(3)6-12(9)15-5-2/h4,6-7H,1,5H2,2-3H3. The lowest BCUT2D eigenvalue weighted by Gasteiger charge is -2.10. The van der Waals surface area contributed by atoms with Crippen molar-refractivity contribution in [2.24, 2.45) is 0 Å². The molecule has 2 nitrogen and oxygen atoms in total. The monoisotopic (exact) mass is 224 g/mol. The first-order valence-corrected chi connectivity index (χ1v) is 5.07. The van der Waals surface area contributed by atoms with Gasteiger partial charge in [0.05, 0.1) is 12.2 Å². The molecule has 0 saturated carbocycles. The van der Waals surface area contributed by atoms with E-state index in [4.69, 9.17) is 16.3 Å². The number of hydrogen-bond acceptors (Lipinski definition) is 2. The normalized spacial score (nSPS) is 9.80. The number of allylic oxidation sites excluding steroid dienone is 1. The highest BCUT2D eigenvalue weighted by atomic mass is 35.5. The average molecular weight is 225 g/mol. The molecule has 0 spiro atoms. The van der Waals surface area contributed by atoms with E-state index in [2.05, 4.69) is 6.58 Å². The number of benzene rings is 1. The number of ketones is 1. The Morgan fingerprint density at radius 1 is 1.60 bits per heavy atom. The van der Waals surface area contributed by atoms with Gasteiger partial charge in [-0.25, -0.2) is 0 Å². The van der Waals surface area contributed by atoms with Crippen molar-refractivity contribution in [2.45, 2.75) is 13.8 Å². The van der Waals surface area contributed by atoms with Crippen LogP contribution in [0.15, 0.2) is 24.8 Å². The van der Waals surface area contributed by atoms with Gasteiger partial charge in [-0.2, -0.15) is 0 Å². The summed E-state index contributed by atoms with van der Waals surface area (Å²) < 4.78 is 5.37. The molecule has 0 heterocycles. The summed E-state index contributed by atoms with van der Waals surface area (Å²) in [5.41, 5.74) is 1.35. The zero-order valence-corrected chi connectivity index (χ0v) is 9.60. The third-order valence-electron chi connectivity index (χ3n) is 2.01. The smallest absolute Gasteiger partial charge is 0.189 e. The molecular formula is C12H13ClO2. The molecule has 0 aliphatic heterocycles. The fourth-order valence-electron chi connectivity index (χ4n) is 1.23. The van der Waals surface area contributed by atoms with Crippen LogP contribution in [0.1, 0.15) is 22.8 Å². The molecular weight excluding hydrogens is 212 g/mol. The van der Waals surface area contributed by atoms with E-state index >= 15 is 0 Å². The number of ether oxygens (including phenoxy) is 1. The molecule has 0 aliphatic rings. The summed E-state index contributed by atoms with van der Waals surface area (Å²) in [6.07, 6.45) is 1.25. The number of aryl methyl sites for hydroxylation is 1. The second-order valence-corrected chi connectivity index (χ2v) is 3.51. The maximum atomic E-state index is 11.5. The highest BCUT2D eigenvalue weighted by Gasteiger charge is 2.12. The van der Waals surface area contributed by atoms with E-state index in [0.717, 1.165) is 5.56 Å². The summed E-state index contributed by atoms with van der Waals surface area (Å²) in [6.45, 7) is 7.69. The molecule has 1 aromatic carbocycles. The van der Waals surface area contributed by atoms with Gasteiger partial charge in [0.2, 0.25) is 0 Å². The van der Waals surface area contributed by atoms with Crippen LogP contribution >= 0.6 is 11.6 Å². The third kappa shape index (κ3) is 2.60. The maximum absolute atomic E-state index is 11.5. The second-order valence-electron chi connectivity index (χ2n) is 3.10. The Morgan fingerprint density at radius 3 is 2.80 bits per heavy atom. The van der Waals surface area contributed by atoms with Crippen LogP contribution in [0.25, 0.3) is 0 Å². The molecule has 0 unspecified atom stereocenters. The van der Waals surface area contributed by atoms with E-state index in [1.807, 2.05) is 13.8 Å². The summed E-state index contributed by atoms with van der Waals surface area (Å²) in [4.78, 5) is 11.5. The van der Waals surface area contributed by atoms with Gasteiger partial charge < -0.3 is 4.74 Å². The molecule has 1 aromatic rings. The van der Waals surface area contributed by atoms with E-state index < -0.39 is 0 Å². The predicted octanol–water partition coefficient (Wildman–Crippen LogP) is 3.42. The maximum Gasteiger partial charge on any atom is 0.189 e. The molecule has 0 bridgehead atoms. The Hall–Kier alpha value is -1.28. The van der Waals surface area contributed by atoms with Crippen molar-refractivity contribution in [3.63, 3.8) is 0 Å². The van der Waals surface area contributed by atoms with Crippen LogP contribution in [0.5, 0.6) is 5.75 Å². The van der Waals surface area contributed by atoms with Crippen LogP contribution < -0.4 is 4.74 Å². The van der Waals surface area contributed by atoms with Crippen molar-refractivity contribution in [1.29, 1.82) is 0 Å². The van der Waals surface area contributed by atoms with Crippen molar-refractivity contribution in [3.05, 3.63) is 40.9 Å². The molecule has 0 atom stereocenters. The Morgan fingerprint density at radius 2 is 2.27 bits per heavy atom. The SMILES string of the molecule is C=CC(=O)c1cc(Cl)c(C)cc1OCC. The van der Waals surface area contributed by atoms with Crippen molar-refractivity contribution in [3.8, 4) is 5.75 Å². The van der Waals surface area contributed by atoms with Gasteiger partial charge in [-0.3, -0.25) is 4.79 Å². The number of hydrogen-bond donors (Lipinski definition) is 0. The zero-order chi connectivity index (χ0) is 11.4. The molecule has 0 aromatic heterocycles. The van der Waals surface area contributed by atoms with Crippen molar-refractivity contribution >= 4 is 17.4 Å². The molecule has 15 heavy (non-hydrogen) atoms. The van der Waals surface area contributed by atoms with Crippen molar-refractivity contribution < 1.29 is 9.53 Å². The number of carbonyl (C=O) groups is 1. The minimum absolute atomic E-state index is 0.180. The summed E-state index contributed by atoms with van der Waals surface area (Å²) in [5.74, 6) is 0.379. The van der Waals surface area contributed by atoms with E-state index in [0.29, 0.717) is 22.9 Å². The molecule has 80 valence electrons. The van der Waals surface area contributed by atoms with Gasteiger partial charge in [0, 0.05) is 5.02 Å². The Kier molecular flexibility index (Phi) is 3.92. The van der Waals surface area contributed by atoms with E-state index in [9.17, 15) is 4.79 Å². The van der Waals surface area contributed by atoms with Crippen LogP contribution in [0, 0.1) is 6.92 Å². The Bertz CT molecular complexity index is 397. The van der Waals surface area contributed by atoms with Gasteiger partial charge in [0.1, 0.15) is 5.75 Å². The lowest BCUT2D eigenvalue weighted by Crippen LogP contribution is -2.02. The lowest BCUT2D eigenvalue weighted by atomic mass is 10.1. The Labute approximate surface area is 94.5 Å². The molecule has 1 rings (SSSR count). The van der Waals surface area contributed by atoms with E-state index in [1.54, 1.807) is 12.1 Å². The quantitative estimate of drug-likeness (QED) is 0.579. The zero-order valence-electron chi connectivity index (χ0n) is 8.84. The van der Waals surface area contributed by atoms with Gasteiger partial charge in [-0.1, -0.05) is 18.2 Å². The molecule has 3 heteroatoms. The highest BCUT2D eigenvalue weighted by molar-refractivity contribution is 6.32. The topological polar surface area (TPSA) is 26.3 Å². The number of halogens is 1. The minimum Gasteiger partial charge on any atom is -0.493 e. The van der Waals surface area contributed by atoms with Crippen molar-refractivity contribution in [1.82, 2.24) is 0 Å². The summed E-state index contributed by atoms with van der Waals surface area (Å²) in [6, 6.07) is 3.38. The second kappa shape index (κ2) is 4.99. The molecule has 0 amide bonds. The van der Waals surface area contributed by atoms with Crippen LogP contribution in [-0.4, -0.2) is 12.4 Å². The molecule has 0 radical (unpaired) electrons. The molecule has 0 N–H and O–H groups in total. The predicted molar refractivity (Wildman–Crippen MR) is 61.9 cm³/mol. The molecule has 0 aliphatic carbocycles. The van der Waals surface area contributed by atoms with Gasteiger partial charge >= 0.3 is 0 Å². The first-order chi connectivity index (χ1) is 7.10. The largest absolute Gasteiger partial charge is 0.493 e. The van der Waals surface area contributed by atoms with Crippen LogP contribution in [0.4, 0.5) is 0 Å². The molecule has 0 saturated heterocycles. The lowest BCUT2D eigenvalue weighted by molar-refractivity contribution is 0.104. The highest BCUT2D eigenvalue weighted by Crippen LogP contribution is 2.27.